The van der Waals surface area contributed by atoms with Crippen LogP contribution in [0, 0.1) is 0 Å². The van der Waals surface area contributed by atoms with Gasteiger partial charge in [0, 0.05) is 4.47 Å². The molecule has 1 aromatic carbocycles. The highest BCUT2D eigenvalue weighted by Crippen LogP contribution is 2.32. The zero-order chi connectivity index (χ0) is 9.97. The Balaban J connectivity index is 2.17. The fourth-order valence-electron chi connectivity index (χ4n) is 1.96. The standard InChI is InChI=1S/C13H15Br/c1-2-3-5-10-8-11-6-4-7-13(14)12(11)9-10/h4,6-7,9H,2-3,5,8H2,1H3. The molecule has 1 heteroatoms. The average molecular weight is 251 g/mol. The lowest BCUT2D eigenvalue weighted by atomic mass is 10.1. The van der Waals surface area contributed by atoms with Crippen molar-refractivity contribution < 1.29 is 0 Å². The average Bonchev–Trinajstić information content (AvgIpc) is 2.59. The van der Waals surface area contributed by atoms with Crippen LogP contribution in [0.5, 0.6) is 0 Å². The third kappa shape index (κ3) is 1.93. The largest absolute Gasteiger partial charge is 0.0654 e. The number of allylic oxidation sites excluding steroid dienone is 1. The second-order valence-corrected chi connectivity index (χ2v) is 4.75. The maximum Gasteiger partial charge on any atom is 0.0250 e. The first-order chi connectivity index (χ1) is 6.81. The molecule has 0 spiro atoms. The van der Waals surface area contributed by atoms with E-state index in [4.69, 9.17) is 0 Å². The van der Waals surface area contributed by atoms with Crippen molar-refractivity contribution in [2.24, 2.45) is 0 Å². The van der Waals surface area contributed by atoms with Crippen LogP contribution >= 0.6 is 15.9 Å². The molecule has 0 aromatic heterocycles. The minimum atomic E-state index is 1.16. The van der Waals surface area contributed by atoms with Crippen molar-refractivity contribution in [1.82, 2.24) is 0 Å². The predicted octanol–water partition coefficient (Wildman–Crippen LogP) is 4.58. The first-order valence-electron chi connectivity index (χ1n) is 5.28. The van der Waals surface area contributed by atoms with E-state index >= 15 is 0 Å². The van der Waals surface area contributed by atoms with Gasteiger partial charge in [0.2, 0.25) is 0 Å². The Hall–Kier alpha value is -0.560. The number of fused-ring (bicyclic) bond motifs is 1. The van der Waals surface area contributed by atoms with E-state index < -0.39 is 0 Å². The number of halogens is 1. The molecule has 0 nitrogen and oxygen atoms in total. The number of unbranched alkanes of at least 4 members (excludes halogenated alkanes) is 1. The van der Waals surface area contributed by atoms with Gasteiger partial charge in [-0.1, -0.05) is 53.1 Å². The lowest BCUT2D eigenvalue weighted by Gasteiger charge is -2.00. The van der Waals surface area contributed by atoms with Crippen molar-refractivity contribution in [3.05, 3.63) is 39.4 Å². The second-order valence-electron chi connectivity index (χ2n) is 3.90. The first kappa shape index (κ1) is 9.97. The quantitative estimate of drug-likeness (QED) is 0.737. The van der Waals surface area contributed by atoms with Crippen LogP contribution in [-0.4, -0.2) is 0 Å². The van der Waals surface area contributed by atoms with Crippen LogP contribution in [0.15, 0.2) is 28.2 Å². The van der Waals surface area contributed by atoms with E-state index in [-0.39, 0.29) is 0 Å². The number of benzene rings is 1. The molecule has 0 atom stereocenters. The topological polar surface area (TPSA) is 0 Å². The molecule has 0 amide bonds. The summed E-state index contributed by atoms with van der Waals surface area (Å²) in [7, 11) is 0. The molecule has 74 valence electrons. The molecule has 0 N–H and O–H groups in total. The van der Waals surface area contributed by atoms with Gasteiger partial charge in [-0.25, -0.2) is 0 Å². The van der Waals surface area contributed by atoms with Gasteiger partial charge in [0.25, 0.3) is 0 Å². The van der Waals surface area contributed by atoms with Gasteiger partial charge < -0.3 is 0 Å². The van der Waals surface area contributed by atoms with Gasteiger partial charge in [-0.3, -0.25) is 0 Å². The van der Waals surface area contributed by atoms with Gasteiger partial charge >= 0.3 is 0 Å². The van der Waals surface area contributed by atoms with Crippen molar-refractivity contribution in [1.29, 1.82) is 0 Å². The summed E-state index contributed by atoms with van der Waals surface area (Å²) in [5.41, 5.74) is 4.47. The number of hydrogen-bond acceptors (Lipinski definition) is 0. The van der Waals surface area contributed by atoms with Crippen LogP contribution in [-0.2, 0) is 6.42 Å². The smallest absolute Gasteiger partial charge is 0.0250 e. The van der Waals surface area contributed by atoms with E-state index in [1.165, 1.54) is 34.9 Å². The van der Waals surface area contributed by atoms with E-state index in [2.05, 4.69) is 47.1 Å². The molecular formula is C13H15Br. The summed E-state index contributed by atoms with van der Waals surface area (Å²) in [4.78, 5) is 0. The van der Waals surface area contributed by atoms with Crippen molar-refractivity contribution in [2.75, 3.05) is 0 Å². The molecule has 2 rings (SSSR count). The molecule has 0 heterocycles. The maximum atomic E-state index is 3.60. The lowest BCUT2D eigenvalue weighted by Crippen LogP contribution is -1.85. The molecule has 1 aromatic rings. The molecule has 1 aliphatic rings. The summed E-state index contributed by atoms with van der Waals surface area (Å²) >= 11 is 3.60. The van der Waals surface area contributed by atoms with E-state index in [1.807, 2.05) is 0 Å². The lowest BCUT2D eigenvalue weighted by molar-refractivity contribution is 0.779. The Morgan fingerprint density at radius 2 is 2.21 bits per heavy atom. The molecule has 0 fully saturated rings. The Bertz CT molecular complexity index is 363. The number of rotatable bonds is 3. The van der Waals surface area contributed by atoms with Gasteiger partial charge in [0.15, 0.2) is 0 Å². The van der Waals surface area contributed by atoms with Crippen molar-refractivity contribution in [3.63, 3.8) is 0 Å². The normalized spacial score (nSPS) is 14.0. The SMILES string of the molecule is CCCCC1=Cc2c(Br)cccc2C1. The van der Waals surface area contributed by atoms with Crippen molar-refractivity contribution >= 4 is 22.0 Å². The van der Waals surface area contributed by atoms with E-state index in [1.54, 1.807) is 5.57 Å². The van der Waals surface area contributed by atoms with Gasteiger partial charge in [-0.15, -0.1) is 0 Å². The fourth-order valence-corrected chi connectivity index (χ4v) is 2.48. The monoisotopic (exact) mass is 250 g/mol. The van der Waals surface area contributed by atoms with Crippen LogP contribution in [0.1, 0.15) is 37.3 Å². The third-order valence-electron chi connectivity index (χ3n) is 2.76. The first-order valence-corrected chi connectivity index (χ1v) is 6.07. The Labute approximate surface area is 94.2 Å². The molecule has 0 bridgehead atoms. The Morgan fingerprint density at radius 1 is 1.36 bits per heavy atom. The third-order valence-corrected chi connectivity index (χ3v) is 3.45. The van der Waals surface area contributed by atoms with Crippen LogP contribution in [0.4, 0.5) is 0 Å². The van der Waals surface area contributed by atoms with Crippen LogP contribution < -0.4 is 0 Å². The van der Waals surface area contributed by atoms with Crippen molar-refractivity contribution in [2.45, 2.75) is 32.6 Å². The van der Waals surface area contributed by atoms with Gasteiger partial charge in [-0.2, -0.15) is 0 Å². The zero-order valence-corrected chi connectivity index (χ0v) is 10.1. The molecular weight excluding hydrogens is 236 g/mol. The minimum absolute atomic E-state index is 1.16. The van der Waals surface area contributed by atoms with Crippen LogP contribution in [0.2, 0.25) is 0 Å². The van der Waals surface area contributed by atoms with Gasteiger partial charge in [0.1, 0.15) is 0 Å². The predicted molar refractivity (Wildman–Crippen MR) is 65.3 cm³/mol. The Kier molecular flexibility index (Phi) is 3.07. The van der Waals surface area contributed by atoms with E-state index in [0.29, 0.717) is 0 Å². The zero-order valence-electron chi connectivity index (χ0n) is 8.52. The molecule has 0 unspecified atom stereocenters. The second kappa shape index (κ2) is 4.31. The van der Waals surface area contributed by atoms with Crippen molar-refractivity contribution in [3.8, 4) is 0 Å². The summed E-state index contributed by atoms with van der Waals surface area (Å²) in [6.07, 6.45) is 7.38. The van der Waals surface area contributed by atoms with Crippen LogP contribution in [0.25, 0.3) is 6.08 Å². The van der Waals surface area contributed by atoms with Gasteiger partial charge in [0.05, 0.1) is 0 Å². The maximum absolute atomic E-state index is 3.60. The van der Waals surface area contributed by atoms with Gasteiger partial charge in [-0.05, 0) is 36.5 Å². The highest BCUT2D eigenvalue weighted by molar-refractivity contribution is 9.10. The van der Waals surface area contributed by atoms with E-state index in [0.717, 1.165) is 6.42 Å². The minimum Gasteiger partial charge on any atom is -0.0654 e. The summed E-state index contributed by atoms with van der Waals surface area (Å²) < 4.78 is 1.24. The summed E-state index contributed by atoms with van der Waals surface area (Å²) in [5, 5.41) is 0. The highest BCUT2D eigenvalue weighted by atomic mass is 79.9. The summed E-state index contributed by atoms with van der Waals surface area (Å²) in [6.45, 7) is 2.25. The summed E-state index contributed by atoms with van der Waals surface area (Å²) in [6, 6.07) is 6.48. The Morgan fingerprint density at radius 3 is 2.93 bits per heavy atom. The molecule has 1 aliphatic carbocycles. The molecule has 14 heavy (non-hydrogen) atoms. The number of hydrogen-bond donors (Lipinski definition) is 0. The summed E-state index contributed by atoms with van der Waals surface area (Å²) in [5.74, 6) is 0. The fraction of sp³-hybridized carbons (Fsp3) is 0.385. The molecule has 0 saturated heterocycles. The highest BCUT2D eigenvalue weighted by Gasteiger charge is 2.13. The van der Waals surface area contributed by atoms with Crippen LogP contribution in [0.3, 0.4) is 0 Å². The molecule has 0 saturated carbocycles. The molecule has 0 aliphatic heterocycles. The van der Waals surface area contributed by atoms with E-state index in [9.17, 15) is 0 Å². The molecule has 0 radical (unpaired) electrons.